The Hall–Kier alpha value is -6.84. The fourth-order valence-corrected chi connectivity index (χ4v) is 7.31. The zero-order valence-corrected chi connectivity index (χ0v) is 33.0. The van der Waals surface area contributed by atoms with Crippen LogP contribution in [0.5, 0.6) is 0 Å². The fourth-order valence-electron chi connectivity index (χ4n) is 5.95. The van der Waals surface area contributed by atoms with Crippen LogP contribution in [-0.2, 0) is 4.79 Å². The number of ketones is 2. The van der Waals surface area contributed by atoms with Crippen molar-refractivity contribution in [3.63, 3.8) is 0 Å². The minimum absolute atomic E-state index is 0.0139. The lowest BCUT2D eigenvalue weighted by molar-refractivity contribution is -0.116. The molecule has 6 heterocycles. The third-order valence-electron chi connectivity index (χ3n) is 8.63. The number of nitrogens with one attached hydrogen (secondary N) is 2. The number of thiophene rings is 2. The Labute approximate surface area is 335 Å². The Balaban J connectivity index is 0.000000174. The van der Waals surface area contributed by atoms with Crippen LogP contribution in [0.3, 0.4) is 0 Å². The second-order valence-electron chi connectivity index (χ2n) is 13.5. The maximum atomic E-state index is 12.8. The van der Waals surface area contributed by atoms with Gasteiger partial charge >= 0.3 is 6.03 Å². The van der Waals surface area contributed by atoms with Crippen LogP contribution in [-0.4, -0.2) is 71.7 Å². The average molecular weight is 796 g/mol. The van der Waals surface area contributed by atoms with Crippen molar-refractivity contribution in [3.8, 4) is 22.5 Å². The number of benzene rings is 2. The standard InChI is InChI=1S/C22H20N4O2S.C20H17N5O2S/c1-14(2)11-20(27)25-16-6-3-5-15(12-16)18-8-9-23-22-17(13-24-26(18)22)21(28)19-7-4-10-29-19;1-24(2)20(27)23-14-6-3-5-13(11-14)16-8-9-21-19-15(12-22-25(16)19)18(26)17-7-4-10-28-17/h3-10,12-14H,11H2,1-2H3,(H,25,27);3-12H,1-2H3,(H,23,27). The molecule has 0 bridgehead atoms. The fraction of sp³-hybridized carbons (Fsp3) is 0.143. The van der Waals surface area contributed by atoms with Gasteiger partial charge in [-0.25, -0.2) is 23.8 Å². The van der Waals surface area contributed by atoms with Gasteiger partial charge in [-0.1, -0.05) is 50.2 Å². The van der Waals surface area contributed by atoms with Gasteiger partial charge in [-0.2, -0.15) is 10.2 Å². The summed E-state index contributed by atoms with van der Waals surface area (Å²) in [5, 5.41) is 18.3. The average Bonchev–Trinajstić information content (AvgIpc) is 4.05. The first-order chi connectivity index (χ1) is 27.6. The van der Waals surface area contributed by atoms with E-state index in [1.807, 2.05) is 97.4 Å². The topological polar surface area (TPSA) is 156 Å². The van der Waals surface area contributed by atoms with Crippen LogP contribution in [0.4, 0.5) is 16.2 Å². The molecule has 57 heavy (non-hydrogen) atoms. The van der Waals surface area contributed by atoms with Crippen LogP contribution in [0.15, 0.2) is 120 Å². The lowest BCUT2D eigenvalue weighted by Crippen LogP contribution is -2.27. The highest BCUT2D eigenvalue weighted by Crippen LogP contribution is 2.27. The van der Waals surface area contributed by atoms with Crippen molar-refractivity contribution >= 4 is 68.8 Å². The second-order valence-corrected chi connectivity index (χ2v) is 15.4. The van der Waals surface area contributed by atoms with Gasteiger partial charge in [0.05, 0.1) is 44.7 Å². The van der Waals surface area contributed by atoms with Gasteiger partial charge in [0.15, 0.2) is 11.3 Å². The van der Waals surface area contributed by atoms with Gasteiger partial charge in [0.2, 0.25) is 17.5 Å². The number of nitrogens with zero attached hydrogens (tertiary/aromatic N) is 7. The minimum atomic E-state index is -0.208. The maximum absolute atomic E-state index is 12.8. The lowest BCUT2D eigenvalue weighted by Gasteiger charge is -2.13. The predicted molar refractivity (Wildman–Crippen MR) is 223 cm³/mol. The number of carbonyl (C=O) groups excluding carboxylic acids is 4. The van der Waals surface area contributed by atoms with Crippen molar-refractivity contribution in [2.75, 3.05) is 24.7 Å². The summed E-state index contributed by atoms with van der Waals surface area (Å²) in [7, 11) is 3.36. The molecular weight excluding hydrogens is 759 g/mol. The lowest BCUT2D eigenvalue weighted by atomic mass is 10.1. The van der Waals surface area contributed by atoms with Crippen molar-refractivity contribution in [2.45, 2.75) is 20.3 Å². The summed E-state index contributed by atoms with van der Waals surface area (Å²) >= 11 is 2.79. The van der Waals surface area contributed by atoms with E-state index < -0.39 is 0 Å². The van der Waals surface area contributed by atoms with E-state index in [9.17, 15) is 19.2 Å². The second kappa shape index (κ2) is 16.9. The molecule has 2 N–H and O–H groups in total. The molecule has 8 rings (SSSR count). The van der Waals surface area contributed by atoms with E-state index in [0.717, 1.165) is 28.2 Å². The largest absolute Gasteiger partial charge is 0.331 e. The Morgan fingerprint density at radius 2 is 1.16 bits per heavy atom. The van der Waals surface area contributed by atoms with E-state index in [4.69, 9.17) is 0 Å². The van der Waals surface area contributed by atoms with E-state index in [2.05, 4.69) is 30.8 Å². The molecule has 286 valence electrons. The molecule has 0 spiro atoms. The van der Waals surface area contributed by atoms with Crippen LogP contribution in [0, 0.1) is 5.92 Å². The summed E-state index contributed by atoms with van der Waals surface area (Å²) in [6.07, 6.45) is 6.90. The number of urea groups is 1. The van der Waals surface area contributed by atoms with Crippen molar-refractivity contribution in [2.24, 2.45) is 5.92 Å². The van der Waals surface area contributed by atoms with Crippen LogP contribution < -0.4 is 10.6 Å². The molecular formula is C42H37N9O4S2. The SMILES string of the molecule is CC(C)CC(=O)Nc1cccc(-c2ccnc3c(C(=O)c4cccs4)cnn23)c1.CN(C)C(=O)Nc1cccc(-c2ccnc3c(C(=O)c4cccs4)cnn23)c1. The summed E-state index contributed by atoms with van der Waals surface area (Å²) < 4.78 is 3.31. The third kappa shape index (κ3) is 8.54. The Bertz CT molecular complexity index is 2720. The summed E-state index contributed by atoms with van der Waals surface area (Å²) in [5.74, 6) is 0.0947. The summed E-state index contributed by atoms with van der Waals surface area (Å²) in [6, 6.07) is 25.8. The van der Waals surface area contributed by atoms with Crippen molar-refractivity contribution in [1.82, 2.24) is 34.1 Å². The molecule has 15 heteroatoms. The summed E-state index contributed by atoms with van der Waals surface area (Å²) in [6.45, 7) is 4.02. The Kier molecular flexibility index (Phi) is 11.4. The monoisotopic (exact) mass is 795 g/mol. The number of hydrogen-bond acceptors (Lipinski definition) is 10. The van der Waals surface area contributed by atoms with Gasteiger partial charge in [0.25, 0.3) is 0 Å². The zero-order valence-electron chi connectivity index (χ0n) is 31.4. The van der Waals surface area contributed by atoms with Gasteiger partial charge in [-0.05, 0) is 65.2 Å². The van der Waals surface area contributed by atoms with Crippen LogP contribution in [0.25, 0.3) is 33.8 Å². The molecule has 0 radical (unpaired) electrons. The van der Waals surface area contributed by atoms with Gasteiger partial charge in [0.1, 0.15) is 0 Å². The van der Waals surface area contributed by atoms with E-state index in [1.165, 1.54) is 27.6 Å². The highest BCUT2D eigenvalue weighted by atomic mass is 32.1. The molecule has 13 nitrogen and oxygen atoms in total. The first-order valence-corrected chi connectivity index (χ1v) is 19.6. The van der Waals surface area contributed by atoms with Crippen LogP contribution in [0.2, 0.25) is 0 Å². The molecule has 6 aromatic heterocycles. The molecule has 0 saturated heterocycles. The number of hydrogen-bond donors (Lipinski definition) is 2. The quantitative estimate of drug-likeness (QED) is 0.131. The molecule has 0 aliphatic heterocycles. The molecule has 0 unspecified atom stereocenters. The van der Waals surface area contributed by atoms with Gasteiger partial charge in [-0.3, -0.25) is 14.4 Å². The molecule has 0 saturated carbocycles. The first-order valence-electron chi connectivity index (χ1n) is 17.9. The van der Waals surface area contributed by atoms with E-state index in [1.54, 1.807) is 60.0 Å². The number of amides is 3. The number of carbonyl (C=O) groups is 4. The number of fused-ring (bicyclic) bond motifs is 2. The Morgan fingerprint density at radius 1 is 0.667 bits per heavy atom. The highest BCUT2D eigenvalue weighted by Gasteiger charge is 2.20. The van der Waals surface area contributed by atoms with Crippen LogP contribution >= 0.6 is 22.7 Å². The maximum Gasteiger partial charge on any atom is 0.321 e. The smallest absolute Gasteiger partial charge is 0.321 e. The Morgan fingerprint density at radius 3 is 1.60 bits per heavy atom. The number of aromatic nitrogens is 6. The van der Waals surface area contributed by atoms with Gasteiger partial charge < -0.3 is 15.5 Å². The van der Waals surface area contributed by atoms with Gasteiger partial charge in [-0.15, -0.1) is 22.7 Å². The summed E-state index contributed by atoms with van der Waals surface area (Å²) in [5.41, 5.74) is 6.62. The molecule has 0 fully saturated rings. The minimum Gasteiger partial charge on any atom is -0.331 e. The first kappa shape index (κ1) is 38.4. The predicted octanol–water partition coefficient (Wildman–Crippen LogP) is 8.46. The summed E-state index contributed by atoms with van der Waals surface area (Å²) in [4.78, 5) is 61.0. The molecule has 0 aliphatic carbocycles. The molecule has 8 aromatic rings. The number of rotatable bonds is 10. The normalized spacial score (nSPS) is 11.0. The zero-order chi connectivity index (χ0) is 40.1. The number of anilines is 2. The van der Waals surface area contributed by atoms with E-state index in [-0.39, 0.29) is 23.5 Å². The van der Waals surface area contributed by atoms with E-state index >= 15 is 0 Å². The highest BCUT2D eigenvalue weighted by molar-refractivity contribution is 7.12. The molecule has 0 aliphatic rings. The van der Waals surface area contributed by atoms with Crippen molar-refractivity contribution in [1.29, 1.82) is 0 Å². The molecule has 3 amide bonds. The third-order valence-corrected chi connectivity index (χ3v) is 10.4. The van der Waals surface area contributed by atoms with Crippen molar-refractivity contribution < 1.29 is 19.2 Å². The molecule has 0 atom stereocenters. The molecule has 2 aromatic carbocycles. The van der Waals surface area contributed by atoms with E-state index in [0.29, 0.717) is 50.2 Å². The van der Waals surface area contributed by atoms with Crippen LogP contribution in [0.1, 0.15) is 50.7 Å². The van der Waals surface area contributed by atoms with Crippen molar-refractivity contribution in [3.05, 3.63) is 141 Å². The van der Waals surface area contributed by atoms with Gasteiger partial charge in [0, 0.05) is 55.4 Å².